The Kier molecular flexibility index (Phi) is 5.40. The van der Waals surface area contributed by atoms with Gasteiger partial charge in [-0.3, -0.25) is 0 Å². The van der Waals surface area contributed by atoms with E-state index < -0.39 is 0 Å². The van der Waals surface area contributed by atoms with Gasteiger partial charge in [-0.2, -0.15) is 0 Å². The van der Waals surface area contributed by atoms with Crippen molar-refractivity contribution in [2.45, 2.75) is 19.4 Å². The molecular formula is C15H17ClFNOS. The highest BCUT2D eigenvalue weighted by atomic mass is 35.5. The SMILES string of the molecule is CCNC(Cc1ccc(Cl)s1)c1ccc(OC)c(F)c1. The lowest BCUT2D eigenvalue weighted by Crippen LogP contribution is -2.22. The molecule has 0 fully saturated rings. The fourth-order valence-corrected chi connectivity index (χ4v) is 3.25. The highest BCUT2D eigenvalue weighted by molar-refractivity contribution is 7.16. The van der Waals surface area contributed by atoms with E-state index in [4.69, 9.17) is 16.3 Å². The van der Waals surface area contributed by atoms with E-state index >= 15 is 0 Å². The van der Waals surface area contributed by atoms with Crippen molar-refractivity contribution in [3.05, 3.63) is 50.9 Å². The maximum Gasteiger partial charge on any atom is 0.165 e. The molecule has 0 aliphatic rings. The zero-order valence-electron chi connectivity index (χ0n) is 11.5. The van der Waals surface area contributed by atoms with Crippen LogP contribution in [0.15, 0.2) is 30.3 Å². The summed E-state index contributed by atoms with van der Waals surface area (Å²) in [5, 5.41) is 3.38. The quantitative estimate of drug-likeness (QED) is 0.851. The molecule has 1 unspecified atom stereocenters. The summed E-state index contributed by atoms with van der Waals surface area (Å²) in [7, 11) is 1.47. The number of likely N-dealkylation sites (N-methyl/N-ethyl adjacent to an activating group) is 1. The number of benzene rings is 1. The lowest BCUT2D eigenvalue weighted by Gasteiger charge is -2.18. The van der Waals surface area contributed by atoms with E-state index in [9.17, 15) is 4.39 Å². The molecule has 2 rings (SSSR count). The summed E-state index contributed by atoms with van der Waals surface area (Å²) in [5.41, 5.74) is 0.912. The normalized spacial score (nSPS) is 12.4. The Morgan fingerprint density at radius 1 is 1.35 bits per heavy atom. The van der Waals surface area contributed by atoms with E-state index in [0.717, 1.165) is 22.9 Å². The summed E-state index contributed by atoms with van der Waals surface area (Å²) in [6.45, 7) is 2.85. The van der Waals surface area contributed by atoms with Gasteiger partial charge in [0.2, 0.25) is 0 Å². The molecule has 0 amide bonds. The van der Waals surface area contributed by atoms with Crippen LogP contribution in [0.1, 0.15) is 23.4 Å². The molecule has 2 nitrogen and oxygen atoms in total. The lowest BCUT2D eigenvalue weighted by atomic mass is 10.0. The Hall–Kier alpha value is -1.10. The average molecular weight is 314 g/mol. The number of ether oxygens (including phenoxy) is 1. The molecule has 1 heterocycles. The molecule has 20 heavy (non-hydrogen) atoms. The maximum atomic E-state index is 13.8. The van der Waals surface area contributed by atoms with E-state index in [1.165, 1.54) is 18.1 Å². The van der Waals surface area contributed by atoms with Crippen LogP contribution in [0, 0.1) is 5.82 Å². The summed E-state index contributed by atoms with van der Waals surface area (Å²) in [6.07, 6.45) is 0.789. The predicted molar refractivity (Wildman–Crippen MR) is 82.4 cm³/mol. The van der Waals surface area contributed by atoms with Crippen LogP contribution < -0.4 is 10.1 Å². The standard InChI is InChI=1S/C15H17ClFNOS/c1-3-18-13(9-11-5-7-15(16)20-11)10-4-6-14(19-2)12(17)8-10/h4-8,13,18H,3,9H2,1-2H3. The minimum Gasteiger partial charge on any atom is -0.494 e. The Labute approximate surface area is 127 Å². The molecule has 0 bridgehead atoms. The molecule has 0 spiro atoms. The van der Waals surface area contributed by atoms with Crippen LogP contribution in [0.5, 0.6) is 5.75 Å². The van der Waals surface area contributed by atoms with Gasteiger partial charge in [-0.05, 0) is 36.4 Å². The second kappa shape index (κ2) is 7.07. The fraction of sp³-hybridized carbons (Fsp3) is 0.333. The smallest absolute Gasteiger partial charge is 0.165 e. The third-order valence-corrected chi connectivity index (χ3v) is 4.32. The van der Waals surface area contributed by atoms with Crippen molar-refractivity contribution in [1.82, 2.24) is 5.32 Å². The van der Waals surface area contributed by atoms with Crippen molar-refractivity contribution in [3.63, 3.8) is 0 Å². The number of hydrogen-bond donors (Lipinski definition) is 1. The van der Waals surface area contributed by atoms with Gasteiger partial charge in [0.25, 0.3) is 0 Å². The van der Waals surface area contributed by atoms with E-state index in [0.29, 0.717) is 0 Å². The molecule has 5 heteroatoms. The molecular weight excluding hydrogens is 297 g/mol. The molecule has 0 radical (unpaired) electrons. The van der Waals surface area contributed by atoms with Gasteiger partial charge < -0.3 is 10.1 Å². The first kappa shape index (κ1) is 15.3. The van der Waals surface area contributed by atoms with Gasteiger partial charge in [-0.25, -0.2) is 4.39 Å². The Balaban J connectivity index is 2.21. The van der Waals surface area contributed by atoms with Gasteiger partial charge in [-0.15, -0.1) is 11.3 Å². The molecule has 1 aromatic heterocycles. The van der Waals surface area contributed by atoms with E-state index in [2.05, 4.69) is 5.32 Å². The summed E-state index contributed by atoms with van der Waals surface area (Å²) in [4.78, 5) is 1.18. The second-order valence-corrected chi connectivity index (χ2v) is 6.21. The topological polar surface area (TPSA) is 21.3 Å². The molecule has 1 N–H and O–H groups in total. The summed E-state index contributed by atoms with van der Waals surface area (Å²) < 4.78 is 19.5. The molecule has 1 atom stereocenters. The third kappa shape index (κ3) is 3.72. The van der Waals surface area contributed by atoms with E-state index in [1.807, 2.05) is 25.1 Å². The van der Waals surface area contributed by atoms with Crippen molar-refractivity contribution in [2.24, 2.45) is 0 Å². The van der Waals surface area contributed by atoms with Crippen molar-refractivity contribution < 1.29 is 9.13 Å². The number of thiophene rings is 1. The number of rotatable bonds is 6. The van der Waals surface area contributed by atoms with Crippen LogP contribution in [0.4, 0.5) is 4.39 Å². The highest BCUT2D eigenvalue weighted by Crippen LogP contribution is 2.28. The monoisotopic (exact) mass is 313 g/mol. The Morgan fingerprint density at radius 3 is 2.70 bits per heavy atom. The van der Waals surface area contributed by atoms with Gasteiger partial charge in [-0.1, -0.05) is 24.6 Å². The van der Waals surface area contributed by atoms with Gasteiger partial charge in [0.1, 0.15) is 0 Å². The van der Waals surface area contributed by atoms with Crippen LogP contribution >= 0.6 is 22.9 Å². The van der Waals surface area contributed by atoms with Gasteiger partial charge in [0.05, 0.1) is 11.4 Å². The molecule has 0 saturated carbocycles. The Bertz CT molecular complexity index is 573. The molecule has 0 saturated heterocycles. The highest BCUT2D eigenvalue weighted by Gasteiger charge is 2.15. The van der Waals surface area contributed by atoms with Crippen LogP contribution in [0.25, 0.3) is 0 Å². The van der Waals surface area contributed by atoms with Crippen LogP contribution in [0.2, 0.25) is 4.34 Å². The van der Waals surface area contributed by atoms with Crippen molar-refractivity contribution >= 4 is 22.9 Å². The third-order valence-electron chi connectivity index (χ3n) is 3.06. The first-order valence-electron chi connectivity index (χ1n) is 6.45. The average Bonchev–Trinajstić information content (AvgIpc) is 2.83. The number of nitrogens with one attached hydrogen (secondary N) is 1. The molecule has 0 aliphatic heterocycles. The van der Waals surface area contributed by atoms with E-state index in [1.54, 1.807) is 17.4 Å². The van der Waals surface area contributed by atoms with Crippen molar-refractivity contribution in [2.75, 3.05) is 13.7 Å². The van der Waals surface area contributed by atoms with Crippen molar-refractivity contribution in [1.29, 1.82) is 0 Å². The minimum absolute atomic E-state index is 0.0649. The van der Waals surface area contributed by atoms with Crippen LogP contribution in [-0.2, 0) is 6.42 Å². The van der Waals surface area contributed by atoms with Crippen molar-refractivity contribution in [3.8, 4) is 5.75 Å². The predicted octanol–water partition coefficient (Wildman–Crippen LogP) is 4.44. The zero-order valence-corrected chi connectivity index (χ0v) is 13.0. The fourth-order valence-electron chi connectivity index (χ4n) is 2.12. The van der Waals surface area contributed by atoms with E-state index in [-0.39, 0.29) is 17.6 Å². The largest absolute Gasteiger partial charge is 0.494 e. The Morgan fingerprint density at radius 2 is 2.15 bits per heavy atom. The number of methoxy groups -OCH3 is 1. The second-order valence-electron chi connectivity index (χ2n) is 4.41. The summed E-state index contributed by atoms with van der Waals surface area (Å²) in [5.74, 6) is -0.0692. The minimum atomic E-state index is -0.336. The summed E-state index contributed by atoms with van der Waals surface area (Å²) in [6, 6.07) is 9.05. The number of hydrogen-bond acceptors (Lipinski definition) is 3. The molecule has 108 valence electrons. The molecule has 2 aromatic rings. The maximum absolute atomic E-state index is 13.8. The first-order valence-corrected chi connectivity index (χ1v) is 7.64. The molecule has 0 aliphatic carbocycles. The van der Waals surface area contributed by atoms with Crippen LogP contribution in [0.3, 0.4) is 0 Å². The number of halogens is 2. The van der Waals surface area contributed by atoms with Gasteiger partial charge in [0.15, 0.2) is 11.6 Å². The summed E-state index contributed by atoms with van der Waals surface area (Å²) >= 11 is 7.51. The van der Waals surface area contributed by atoms with Gasteiger partial charge >= 0.3 is 0 Å². The molecule has 1 aromatic carbocycles. The first-order chi connectivity index (χ1) is 9.63. The van der Waals surface area contributed by atoms with Gasteiger partial charge in [0, 0.05) is 17.3 Å². The zero-order chi connectivity index (χ0) is 14.5. The lowest BCUT2D eigenvalue weighted by molar-refractivity contribution is 0.385. The van der Waals surface area contributed by atoms with Crippen LogP contribution in [-0.4, -0.2) is 13.7 Å².